The number of amides is 1. The molecular weight excluding hydrogens is 356 g/mol. The Kier molecular flexibility index (Phi) is 4.86. The van der Waals surface area contributed by atoms with Gasteiger partial charge < -0.3 is 10.4 Å². The zero-order valence-corrected chi connectivity index (χ0v) is 15.1. The summed E-state index contributed by atoms with van der Waals surface area (Å²) in [5, 5.41) is 11.8. The molecule has 1 fully saturated rings. The summed E-state index contributed by atoms with van der Waals surface area (Å²) in [6.07, 6.45) is 4.13. The van der Waals surface area contributed by atoms with Crippen molar-refractivity contribution in [2.24, 2.45) is 5.92 Å². The molecule has 1 aromatic heterocycles. The summed E-state index contributed by atoms with van der Waals surface area (Å²) < 4.78 is 26.2. The van der Waals surface area contributed by atoms with Crippen LogP contribution in [0.2, 0.25) is 0 Å². The maximum atomic E-state index is 12.6. The second-order valence-corrected chi connectivity index (χ2v) is 8.41. The van der Waals surface area contributed by atoms with Gasteiger partial charge in [0.2, 0.25) is 0 Å². The van der Waals surface area contributed by atoms with E-state index < -0.39 is 27.8 Å². The molecule has 1 saturated carbocycles. The lowest BCUT2D eigenvalue weighted by Crippen LogP contribution is -2.33. The molecule has 1 aromatic carbocycles. The van der Waals surface area contributed by atoms with Crippen LogP contribution in [0.1, 0.15) is 35.2 Å². The molecule has 0 unspecified atom stereocenters. The second-order valence-electron chi connectivity index (χ2n) is 6.57. The van der Waals surface area contributed by atoms with Crippen LogP contribution in [-0.2, 0) is 14.8 Å². The van der Waals surface area contributed by atoms with Gasteiger partial charge in [-0.3, -0.25) is 9.59 Å². The van der Waals surface area contributed by atoms with Crippen LogP contribution in [0, 0.1) is 12.8 Å². The van der Waals surface area contributed by atoms with Crippen molar-refractivity contribution in [3.05, 3.63) is 53.9 Å². The predicted octanol–water partition coefficient (Wildman–Crippen LogP) is 2.02. The van der Waals surface area contributed by atoms with Gasteiger partial charge in [0.25, 0.3) is 15.9 Å². The first-order valence-electron chi connectivity index (χ1n) is 8.31. The molecule has 7 nitrogen and oxygen atoms in total. The minimum absolute atomic E-state index is 0.144. The number of carboxylic acids is 1. The van der Waals surface area contributed by atoms with Gasteiger partial charge in [0.1, 0.15) is 0 Å². The molecule has 1 aliphatic carbocycles. The zero-order valence-electron chi connectivity index (χ0n) is 14.3. The van der Waals surface area contributed by atoms with Gasteiger partial charge in [0.05, 0.1) is 16.4 Å². The number of carbonyl (C=O) groups is 2. The lowest BCUT2D eigenvalue weighted by Gasteiger charge is -2.11. The third-order valence-electron chi connectivity index (χ3n) is 4.64. The summed E-state index contributed by atoms with van der Waals surface area (Å²) in [5.74, 6) is -1.69. The SMILES string of the molecule is Cc1ccc(S(=O)(=O)n2ccc(C(=O)N[C@H]3CC[C@@H](C(=O)O)C3)c2)cc1. The molecule has 0 saturated heterocycles. The van der Waals surface area contributed by atoms with Gasteiger partial charge in [-0.25, -0.2) is 12.4 Å². The zero-order chi connectivity index (χ0) is 18.9. The largest absolute Gasteiger partial charge is 0.481 e. The van der Waals surface area contributed by atoms with Crippen LogP contribution < -0.4 is 5.32 Å². The fraction of sp³-hybridized carbons (Fsp3) is 0.333. The van der Waals surface area contributed by atoms with Crippen molar-refractivity contribution >= 4 is 21.9 Å². The van der Waals surface area contributed by atoms with E-state index in [1.165, 1.54) is 30.6 Å². The van der Waals surface area contributed by atoms with Gasteiger partial charge in [-0.15, -0.1) is 0 Å². The molecule has 3 rings (SSSR count). The first-order valence-corrected chi connectivity index (χ1v) is 9.75. The van der Waals surface area contributed by atoms with Crippen molar-refractivity contribution in [2.75, 3.05) is 0 Å². The molecule has 2 aromatic rings. The maximum Gasteiger partial charge on any atom is 0.306 e. The fourth-order valence-corrected chi connectivity index (χ4v) is 4.30. The van der Waals surface area contributed by atoms with Gasteiger partial charge in [-0.1, -0.05) is 17.7 Å². The highest BCUT2D eigenvalue weighted by Crippen LogP contribution is 2.26. The summed E-state index contributed by atoms with van der Waals surface area (Å²) in [5.41, 5.74) is 1.17. The molecule has 2 atom stereocenters. The minimum Gasteiger partial charge on any atom is -0.481 e. The molecule has 8 heteroatoms. The maximum absolute atomic E-state index is 12.6. The number of benzene rings is 1. The summed E-state index contributed by atoms with van der Waals surface area (Å²) in [7, 11) is -3.76. The predicted molar refractivity (Wildman–Crippen MR) is 94.4 cm³/mol. The second kappa shape index (κ2) is 6.95. The van der Waals surface area contributed by atoms with Crippen LogP contribution in [0.4, 0.5) is 0 Å². The number of nitrogens with one attached hydrogen (secondary N) is 1. The Labute approximate surface area is 151 Å². The van der Waals surface area contributed by atoms with Crippen LogP contribution in [0.15, 0.2) is 47.6 Å². The van der Waals surface area contributed by atoms with E-state index in [1.54, 1.807) is 12.1 Å². The summed E-state index contributed by atoms with van der Waals surface area (Å²) in [6, 6.07) is 7.70. The molecular formula is C18H20N2O5S. The highest BCUT2D eigenvalue weighted by atomic mass is 32.2. The molecule has 0 spiro atoms. The van der Waals surface area contributed by atoms with Gasteiger partial charge in [0, 0.05) is 18.4 Å². The normalized spacial score (nSPS) is 20.0. The monoisotopic (exact) mass is 376 g/mol. The van der Waals surface area contributed by atoms with Crippen LogP contribution in [0.5, 0.6) is 0 Å². The number of aromatic nitrogens is 1. The Hall–Kier alpha value is -2.61. The van der Waals surface area contributed by atoms with Gasteiger partial charge in [0.15, 0.2) is 0 Å². The van der Waals surface area contributed by atoms with E-state index in [4.69, 9.17) is 5.11 Å². The number of nitrogens with zero attached hydrogens (tertiary/aromatic N) is 1. The number of carboxylic acid groups (broad SMARTS) is 1. The lowest BCUT2D eigenvalue weighted by atomic mass is 10.1. The van der Waals surface area contributed by atoms with Crippen LogP contribution in [-0.4, -0.2) is 35.4 Å². The number of carbonyl (C=O) groups excluding carboxylic acids is 1. The van der Waals surface area contributed by atoms with Gasteiger partial charge in [-0.2, -0.15) is 0 Å². The third kappa shape index (κ3) is 3.65. The minimum atomic E-state index is -3.76. The average Bonchev–Trinajstić information content (AvgIpc) is 3.25. The van der Waals surface area contributed by atoms with Crippen LogP contribution >= 0.6 is 0 Å². The topological polar surface area (TPSA) is 105 Å². The van der Waals surface area contributed by atoms with Crippen molar-refractivity contribution in [1.29, 1.82) is 0 Å². The molecule has 1 heterocycles. The number of aryl methyl sites for hydroxylation is 1. The van der Waals surface area contributed by atoms with Crippen LogP contribution in [0.3, 0.4) is 0 Å². The Morgan fingerprint density at radius 2 is 1.85 bits per heavy atom. The Morgan fingerprint density at radius 1 is 1.15 bits per heavy atom. The van der Waals surface area contributed by atoms with Crippen molar-refractivity contribution in [3.8, 4) is 0 Å². The average molecular weight is 376 g/mol. The molecule has 0 bridgehead atoms. The standard InChI is InChI=1S/C18H20N2O5S/c1-12-2-6-16(7-3-12)26(24,25)20-9-8-14(11-20)17(21)19-15-5-4-13(10-15)18(22)23/h2-3,6-9,11,13,15H,4-5,10H2,1H3,(H,19,21)(H,22,23)/t13-,15+/m1/s1. The fourth-order valence-electron chi connectivity index (χ4n) is 3.10. The number of hydrogen-bond acceptors (Lipinski definition) is 4. The van der Waals surface area contributed by atoms with E-state index in [2.05, 4.69) is 5.32 Å². The van der Waals surface area contributed by atoms with Crippen molar-refractivity contribution < 1.29 is 23.1 Å². The lowest BCUT2D eigenvalue weighted by molar-refractivity contribution is -0.141. The van der Waals surface area contributed by atoms with E-state index >= 15 is 0 Å². The first-order chi connectivity index (χ1) is 12.3. The molecule has 138 valence electrons. The third-order valence-corrected chi connectivity index (χ3v) is 6.29. The molecule has 2 N–H and O–H groups in total. The quantitative estimate of drug-likeness (QED) is 0.830. The van der Waals surface area contributed by atoms with Gasteiger partial charge in [-0.05, 0) is 44.4 Å². The molecule has 26 heavy (non-hydrogen) atoms. The molecule has 1 aliphatic rings. The van der Waals surface area contributed by atoms with E-state index in [1.807, 2.05) is 6.92 Å². The smallest absolute Gasteiger partial charge is 0.306 e. The van der Waals surface area contributed by atoms with Crippen molar-refractivity contribution in [3.63, 3.8) is 0 Å². The van der Waals surface area contributed by atoms with E-state index in [0.29, 0.717) is 19.3 Å². The first kappa shape index (κ1) is 18.2. The highest BCUT2D eigenvalue weighted by Gasteiger charge is 2.31. The highest BCUT2D eigenvalue weighted by molar-refractivity contribution is 7.90. The van der Waals surface area contributed by atoms with E-state index in [9.17, 15) is 18.0 Å². The Bertz CT molecular complexity index is 931. The summed E-state index contributed by atoms with van der Waals surface area (Å²) in [4.78, 5) is 23.5. The van der Waals surface area contributed by atoms with E-state index in [-0.39, 0.29) is 16.5 Å². The Morgan fingerprint density at radius 3 is 2.46 bits per heavy atom. The molecule has 0 aliphatic heterocycles. The Balaban J connectivity index is 1.72. The van der Waals surface area contributed by atoms with Gasteiger partial charge >= 0.3 is 5.97 Å². The number of aliphatic carboxylic acids is 1. The summed E-state index contributed by atoms with van der Waals surface area (Å²) in [6.45, 7) is 1.87. The molecule has 0 radical (unpaired) electrons. The number of rotatable bonds is 5. The summed E-state index contributed by atoms with van der Waals surface area (Å²) >= 11 is 0. The van der Waals surface area contributed by atoms with Crippen LogP contribution in [0.25, 0.3) is 0 Å². The van der Waals surface area contributed by atoms with E-state index in [0.717, 1.165) is 9.54 Å². The molecule has 1 amide bonds. The van der Waals surface area contributed by atoms with Crippen molar-refractivity contribution in [1.82, 2.24) is 9.29 Å². The number of hydrogen-bond donors (Lipinski definition) is 2. The van der Waals surface area contributed by atoms with Crippen molar-refractivity contribution in [2.45, 2.75) is 37.1 Å².